The molecule has 1 N–H and O–H groups in total. The lowest BCUT2D eigenvalue weighted by molar-refractivity contribution is -0.139. The van der Waals surface area contributed by atoms with E-state index in [2.05, 4.69) is 5.32 Å². The Labute approximate surface area is 209 Å². The van der Waals surface area contributed by atoms with Gasteiger partial charge in [-0.25, -0.2) is 12.8 Å². The number of anilines is 1. The Hall–Kier alpha value is -2.36. The summed E-state index contributed by atoms with van der Waals surface area (Å²) in [5, 5.41) is 2.83. The van der Waals surface area contributed by atoms with Gasteiger partial charge in [0.25, 0.3) is 0 Å². The Bertz CT molecular complexity index is 1140. The number of hydrogen-bond donors (Lipinski definition) is 1. The van der Waals surface area contributed by atoms with Gasteiger partial charge in [-0.2, -0.15) is 0 Å². The van der Waals surface area contributed by atoms with E-state index < -0.39 is 40.2 Å². The summed E-state index contributed by atoms with van der Waals surface area (Å²) in [4.78, 5) is 27.3. The molecule has 0 aliphatic carbocycles. The normalized spacial score (nSPS) is 12.4. The van der Waals surface area contributed by atoms with Gasteiger partial charge in [0, 0.05) is 18.7 Å². The van der Waals surface area contributed by atoms with Crippen molar-refractivity contribution in [3.8, 4) is 0 Å². The maximum absolute atomic E-state index is 14.4. The van der Waals surface area contributed by atoms with Gasteiger partial charge in [0.05, 0.1) is 22.0 Å². The number of benzene rings is 2. The summed E-state index contributed by atoms with van der Waals surface area (Å²) >= 11 is 12.3. The number of sulfonamides is 1. The van der Waals surface area contributed by atoms with Crippen LogP contribution in [0.1, 0.15) is 26.3 Å². The molecule has 0 unspecified atom stereocenters. The molecule has 0 saturated carbocycles. The van der Waals surface area contributed by atoms with Gasteiger partial charge in [0.15, 0.2) is 0 Å². The first kappa shape index (κ1) is 27.9. The van der Waals surface area contributed by atoms with Gasteiger partial charge in [-0.05, 0) is 31.0 Å². The fraction of sp³-hybridized carbons (Fsp3) is 0.391. The lowest BCUT2D eigenvalue weighted by Crippen LogP contribution is -2.51. The van der Waals surface area contributed by atoms with Gasteiger partial charge in [0.1, 0.15) is 18.4 Å². The molecule has 11 heteroatoms. The predicted molar refractivity (Wildman–Crippen MR) is 133 cm³/mol. The van der Waals surface area contributed by atoms with Crippen LogP contribution in [0.5, 0.6) is 0 Å². The highest BCUT2D eigenvalue weighted by molar-refractivity contribution is 7.92. The Kier molecular flexibility index (Phi) is 9.73. The van der Waals surface area contributed by atoms with Gasteiger partial charge in [-0.15, -0.1) is 0 Å². The molecule has 34 heavy (non-hydrogen) atoms. The van der Waals surface area contributed by atoms with Crippen LogP contribution in [0.4, 0.5) is 10.1 Å². The number of carbonyl (C=O) groups is 2. The van der Waals surface area contributed by atoms with E-state index in [0.29, 0.717) is 6.54 Å². The number of halogens is 3. The number of amides is 2. The number of hydrogen-bond acceptors (Lipinski definition) is 4. The Balaban J connectivity index is 2.43. The average molecular weight is 532 g/mol. The Morgan fingerprint density at radius 2 is 1.71 bits per heavy atom. The average Bonchev–Trinajstić information content (AvgIpc) is 2.76. The van der Waals surface area contributed by atoms with Crippen LogP contribution in [0.25, 0.3) is 0 Å². The van der Waals surface area contributed by atoms with Gasteiger partial charge >= 0.3 is 0 Å². The highest BCUT2D eigenvalue weighted by Crippen LogP contribution is 2.33. The molecule has 2 aromatic carbocycles. The summed E-state index contributed by atoms with van der Waals surface area (Å²) in [6, 6.07) is 9.28. The molecule has 1 atom stereocenters. The molecule has 0 bridgehead atoms. The minimum absolute atomic E-state index is 0.0211. The van der Waals surface area contributed by atoms with Crippen molar-refractivity contribution in [3.05, 3.63) is 63.9 Å². The van der Waals surface area contributed by atoms with Crippen molar-refractivity contribution < 1.29 is 22.4 Å². The van der Waals surface area contributed by atoms with Gasteiger partial charge in [0.2, 0.25) is 21.8 Å². The first-order valence-electron chi connectivity index (χ1n) is 10.5. The smallest absolute Gasteiger partial charge is 0.244 e. The first-order valence-corrected chi connectivity index (χ1v) is 13.2. The van der Waals surface area contributed by atoms with E-state index >= 15 is 0 Å². The Morgan fingerprint density at radius 1 is 1.06 bits per heavy atom. The third-order valence-electron chi connectivity index (χ3n) is 5.03. The van der Waals surface area contributed by atoms with Crippen LogP contribution < -0.4 is 9.62 Å². The van der Waals surface area contributed by atoms with Crippen molar-refractivity contribution in [2.45, 2.75) is 33.4 Å². The van der Waals surface area contributed by atoms with E-state index in [1.165, 1.54) is 43.3 Å². The number of carbonyl (C=O) groups excluding carboxylic acids is 2. The van der Waals surface area contributed by atoms with Crippen LogP contribution in [0, 0.1) is 11.7 Å². The minimum atomic E-state index is -3.97. The van der Waals surface area contributed by atoms with E-state index in [1.54, 1.807) is 6.07 Å². The third-order valence-corrected chi connectivity index (χ3v) is 6.96. The zero-order chi connectivity index (χ0) is 25.6. The maximum Gasteiger partial charge on any atom is 0.244 e. The van der Waals surface area contributed by atoms with Crippen LogP contribution in [0.2, 0.25) is 10.0 Å². The zero-order valence-electron chi connectivity index (χ0n) is 19.4. The molecule has 0 aliphatic heterocycles. The molecular weight excluding hydrogens is 504 g/mol. The number of rotatable bonds is 10. The second-order valence-electron chi connectivity index (χ2n) is 8.27. The molecule has 0 spiro atoms. The van der Waals surface area contributed by atoms with Crippen LogP contribution >= 0.6 is 23.2 Å². The molecule has 0 aromatic heterocycles. The molecule has 2 aromatic rings. The molecule has 186 valence electrons. The lowest BCUT2D eigenvalue weighted by Gasteiger charge is -2.32. The highest BCUT2D eigenvalue weighted by atomic mass is 35.5. The summed E-state index contributed by atoms with van der Waals surface area (Å²) < 4.78 is 40.3. The van der Waals surface area contributed by atoms with Crippen molar-refractivity contribution in [2.24, 2.45) is 5.92 Å². The van der Waals surface area contributed by atoms with E-state index in [1.807, 2.05) is 13.8 Å². The number of nitrogens with one attached hydrogen (secondary N) is 1. The van der Waals surface area contributed by atoms with Gasteiger partial charge < -0.3 is 10.2 Å². The molecule has 2 rings (SSSR count). The SMILES string of the molecule is CC(C)CNC(=O)[C@@H](C)N(Cc1ccccc1F)C(=O)CN(c1cccc(Cl)c1Cl)S(C)(=O)=O. The lowest BCUT2D eigenvalue weighted by atomic mass is 10.1. The fourth-order valence-electron chi connectivity index (χ4n) is 3.12. The molecule has 0 saturated heterocycles. The van der Waals surface area contributed by atoms with Gasteiger partial charge in [-0.1, -0.05) is 61.3 Å². The second-order valence-corrected chi connectivity index (χ2v) is 11.0. The van der Waals surface area contributed by atoms with Crippen molar-refractivity contribution in [1.82, 2.24) is 10.2 Å². The van der Waals surface area contributed by atoms with Crippen molar-refractivity contribution in [1.29, 1.82) is 0 Å². The standard InChI is InChI=1S/C23H28Cl2FN3O4S/c1-15(2)12-27-23(31)16(3)28(13-17-8-5-6-10-19(17)26)21(30)14-29(34(4,32)33)20-11-7-9-18(24)22(20)25/h5-11,15-16H,12-14H2,1-4H3,(H,27,31)/t16-/m1/s1. The van der Waals surface area contributed by atoms with E-state index in [0.717, 1.165) is 15.5 Å². The molecule has 7 nitrogen and oxygen atoms in total. The molecule has 0 fully saturated rings. The minimum Gasteiger partial charge on any atom is -0.354 e. The van der Waals surface area contributed by atoms with Crippen LogP contribution in [0.15, 0.2) is 42.5 Å². The van der Waals surface area contributed by atoms with Crippen LogP contribution in [0.3, 0.4) is 0 Å². The zero-order valence-corrected chi connectivity index (χ0v) is 21.7. The summed E-state index contributed by atoms with van der Waals surface area (Å²) in [5.74, 6) is -1.52. The van der Waals surface area contributed by atoms with Crippen LogP contribution in [-0.4, -0.2) is 50.5 Å². The van der Waals surface area contributed by atoms with Crippen LogP contribution in [-0.2, 0) is 26.2 Å². The summed E-state index contributed by atoms with van der Waals surface area (Å²) in [7, 11) is -3.97. The summed E-state index contributed by atoms with van der Waals surface area (Å²) in [6.07, 6.45) is 0.928. The van der Waals surface area contributed by atoms with E-state index in [4.69, 9.17) is 23.2 Å². The van der Waals surface area contributed by atoms with Crippen molar-refractivity contribution in [2.75, 3.05) is 23.7 Å². The highest BCUT2D eigenvalue weighted by Gasteiger charge is 2.31. The van der Waals surface area contributed by atoms with Gasteiger partial charge in [-0.3, -0.25) is 13.9 Å². The molecular formula is C23H28Cl2FN3O4S. The topological polar surface area (TPSA) is 86.8 Å². The fourth-order valence-corrected chi connectivity index (χ4v) is 4.43. The molecule has 0 radical (unpaired) electrons. The summed E-state index contributed by atoms with van der Waals surface area (Å²) in [6.45, 7) is 4.85. The Morgan fingerprint density at radius 3 is 2.29 bits per heavy atom. The number of nitrogens with zero attached hydrogens (tertiary/aromatic N) is 2. The summed E-state index contributed by atoms with van der Waals surface area (Å²) in [5.41, 5.74) is 0.207. The first-order chi connectivity index (χ1) is 15.8. The van der Waals surface area contributed by atoms with E-state index in [-0.39, 0.29) is 33.8 Å². The molecule has 0 aliphatic rings. The molecule has 2 amide bonds. The van der Waals surface area contributed by atoms with E-state index in [9.17, 15) is 22.4 Å². The maximum atomic E-state index is 14.4. The largest absolute Gasteiger partial charge is 0.354 e. The predicted octanol–water partition coefficient (Wildman–Crippen LogP) is 4.09. The molecule has 0 heterocycles. The van der Waals surface area contributed by atoms with Crippen molar-refractivity contribution in [3.63, 3.8) is 0 Å². The monoisotopic (exact) mass is 531 g/mol. The quantitative estimate of drug-likeness (QED) is 0.500. The second kappa shape index (κ2) is 11.9. The third kappa shape index (κ3) is 7.32. The van der Waals surface area contributed by atoms with Crippen molar-refractivity contribution >= 4 is 50.7 Å².